The summed E-state index contributed by atoms with van der Waals surface area (Å²) in [5, 5.41) is 10.2. The van der Waals surface area contributed by atoms with Gasteiger partial charge in [-0.3, -0.25) is 4.79 Å². The monoisotopic (exact) mass is 448 g/mol. The van der Waals surface area contributed by atoms with Crippen LogP contribution >= 0.6 is 0 Å². The average molecular weight is 449 g/mol. The topological polar surface area (TPSA) is 65.0 Å². The molecule has 2 fully saturated rings. The number of carbonyl (C=O) groups excluding carboxylic acids is 1. The van der Waals surface area contributed by atoms with Gasteiger partial charge < -0.3 is 19.3 Å². The van der Waals surface area contributed by atoms with Crippen LogP contribution in [0, 0.1) is 17.3 Å². The summed E-state index contributed by atoms with van der Waals surface area (Å²) in [4.78, 5) is 13.7. The van der Waals surface area contributed by atoms with Gasteiger partial charge in [0, 0.05) is 11.0 Å². The molecule has 174 valence electrons. The number of hydrogen-bond acceptors (Lipinski definition) is 5. The Bertz CT molecular complexity index is 1130. The van der Waals surface area contributed by atoms with Crippen molar-refractivity contribution in [1.29, 1.82) is 0 Å². The highest BCUT2D eigenvalue weighted by atomic mass is 16.5. The predicted molar refractivity (Wildman–Crippen MR) is 127 cm³/mol. The zero-order chi connectivity index (χ0) is 23.3. The first-order chi connectivity index (χ1) is 15.9. The van der Waals surface area contributed by atoms with Crippen LogP contribution in [0.5, 0.6) is 23.0 Å². The van der Waals surface area contributed by atoms with Crippen molar-refractivity contribution in [2.45, 2.75) is 44.9 Å². The van der Waals surface area contributed by atoms with Crippen molar-refractivity contribution in [3.05, 3.63) is 52.6 Å². The number of benzene rings is 2. The number of aromatic hydroxyl groups is 1. The van der Waals surface area contributed by atoms with Gasteiger partial charge in [0.2, 0.25) is 0 Å². The Balaban J connectivity index is 1.50. The number of para-hydroxylation sites is 1. The highest BCUT2D eigenvalue weighted by Crippen LogP contribution is 2.61. The molecule has 5 rings (SSSR count). The second-order valence-electron chi connectivity index (χ2n) is 9.88. The molecular formula is C28H32O5. The number of Topliss-reactive ketones (excluding diaryl/α,β-unsaturated/α-hetero) is 1. The molecule has 5 nitrogen and oxygen atoms in total. The van der Waals surface area contributed by atoms with E-state index in [0.717, 1.165) is 43.2 Å². The summed E-state index contributed by atoms with van der Waals surface area (Å²) in [7, 11) is 4.85. The maximum atomic E-state index is 13.7. The third-order valence-electron chi connectivity index (χ3n) is 8.43. The van der Waals surface area contributed by atoms with Crippen molar-refractivity contribution < 1.29 is 24.1 Å². The van der Waals surface area contributed by atoms with E-state index in [1.165, 1.54) is 11.1 Å². The lowest BCUT2D eigenvalue weighted by Gasteiger charge is -2.48. The minimum absolute atomic E-state index is 0.212. The van der Waals surface area contributed by atoms with Crippen LogP contribution in [0.1, 0.15) is 55.2 Å². The summed E-state index contributed by atoms with van der Waals surface area (Å²) < 4.78 is 16.4. The molecule has 0 aromatic heterocycles. The molecule has 3 aliphatic rings. The van der Waals surface area contributed by atoms with Crippen LogP contribution in [0.15, 0.2) is 35.9 Å². The van der Waals surface area contributed by atoms with E-state index in [1.807, 2.05) is 36.4 Å². The minimum Gasteiger partial charge on any atom is -0.504 e. The largest absolute Gasteiger partial charge is 0.504 e. The van der Waals surface area contributed by atoms with E-state index >= 15 is 0 Å². The molecule has 5 heteroatoms. The average Bonchev–Trinajstić information content (AvgIpc) is 3.08. The Kier molecular flexibility index (Phi) is 5.38. The summed E-state index contributed by atoms with van der Waals surface area (Å²) in [5.74, 6) is 3.54. The molecule has 0 amide bonds. The van der Waals surface area contributed by atoms with Crippen molar-refractivity contribution in [3.63, 3.8) is 0 Å². The van der Waals surface area contributed by atoms with Crippen LogP contribution in [0.2, 0.25) is 0 Å². The number of aryl methyl sites for hydroxylation is 1. The van der Waals surface area contributed by atoms with Crippen LogP contribution in [0.4, 0.5) is 0 Å². The van der Waals surface area contributed by atoms with Crippen LogP contribution in [0.25, 0.3) is 6.08 Å². The number of rotatable bonds is 4. The van der Waals surface area contributed by atoms with Crippen LogP contribution in [0.3, 0.4) is 0 Å². The number of ketones is 1. The Labute approximate surface area is 195 Å². The van der Waals surface area contributed by atoms with Gasteiger partial charge >= 0.3 is 0 Å². The first kappa shape index (κ1) is 21.9. The maximum Gasteiger partial charge on any atom is 0.167 e. The number of phenols is 1. The predicted octanol–water partition coefficient (Wildman–Crippen LogP) is 5.54. The zero-order valence-electron chi connectivity index (χ0n) is 19.8. The third kappa shape index (κ3) is 3.32. The number of allylic oxidation sites excluding steroid dienone is 1. The number of phenolic OH excluding ortho intramolecular Hbond substituents is 1. The van der Waals surface area contributed by atoms with Gasteiger partial charge in [0.05, 0.1) is 21.3 Å². The Morgan fingerprint density at radius 1 is 1.06 bits per heavy atom. The van der Waals surface area contributed by atoms with Crippen molar-refractivity contribution in [3.8, 4) is 23.0 Å². The summed E-state index contributed by atoms with van der Waals surface area (Å²) in [5.41, 5.74) is 3.97. The number of carbonyl (C=O) groups is 1. The van der Waals surface area contributed by atoms with E-state index in [0.29, 0.717) is 35.0 Å². The SMILES string of the molecule is COc1cc2c(cc1O)CC[C@@H]1[C@@H]2CC[C@]2(C)C(=O)/C(=C/c3cccc(OC)c3OC)C[C@@H]12. The highest BCUT2D eigenvalue weighted by molar-refractivity contribution is 6.06. The lowest BCUT2D eigenvalue weighted by atomic mass is 9.55. The van der Waals surface area contributed by atoms with Gasteiger partial charge in [-0.25, -0.2) is 0 Å². The van der Waals surface area contributed by atoms with Gasteiger partial charge in [-0.1, -0.05) is 19.1 Å². The molecule has 3 aliphatic carbocycles. The highest BCUT2D eigenvalue weighted by Gasteiger charge is 2.56. The molecule has 1 N–H and O–H groups in total. The van der Waals surface area contributed by atoms with E-state index in [-0.39, 0.29) is 16.9 Å². The molecule has 2 aromatic rings. The van der Waals surface area contributed by atoms with Gasteiger partial charge in [0.15, 0.2) is 28.8 Å². The summed E-state index contributed by atoms with van der Waals surface area (Å²) in [6, 6.07) is 9.68. The summed E-state index contributed by atoms with van der Waals surface area (Å²) in [6.07, 6.45) is 6.65. The van der Waals surface area contributed by atoms with Gasteiger partial charge in [-0.15, -0.1) is 0 Å². The molecule has 2 aromatic carbocycles. The Hall–Kier alpha value is -2.95. The fraction of sp³-hybridized carbons (Fsp3) is 0.464. The number of methoxy groups -OCH3 is 3. The molecule has 0 heterocycles. The summed E-state index contributed by atoms with van der Waals surface area (Å²) in [6.45, 7) is 2.17. The van der Waals surface area contributed by atoms with E-state index in [2.05, 4.69) is 6.92 Å². The van der Waals surface area contributed by atoms with E-state index in [9.17, 15) is 9.90 Å². The van der Waals surface area contributed by atoms with Crippen LogP contribution < -0.4 is 14.2 Å². The Morgan fingerprint density at radius 3 is 2.58 bits per heavy atom. The third-order valence-corrected chi connectivity index (χ3v) is 8.43. The molecule has 0 unspecified atom stereocenters. The fourth-order valence-corrected chi connectivity index (χ4v) is 6.76. The Morgan fingerprint density at radius 2 is 1.85 bits per heavy atom. The minimum atomic E-state index is -0.322. The molecule has 4 atom stereocenters. The van der Waals surface area contributed by atoms with Gasteiger partial charge in [-0.2, -0.15) is 0 Å². The quantitative estimate of drug-likeness (QED) is 0.623. The zero-order valence-corrected chi connectivity index (χ0v) is 19.8. The van der Waals surface area contributed by atoms with Gasteiger partial charge in [-0.05, 0) is 90.8 Å². The number of hydrogen-bond donors (Lipinski definition) is 1. The molecule has 0 radical (unpaired) electrons. The van der Waals surface area contributed by atoms with Crippen molar-refractivity contribution >= 4 is 11.9 Å². The molecule has 0 aliphatic heterocycles. The van der Waals surface area contributed by atoms with E-state index in [4.69, 9.17) is 14.2 Å². The first-order valence-corrected chi connectivity index (χ1v) is 11.8. The van der Waals surface area contributed by atoms with Crippen LogP contribution in [-0.4, -0.2) is 32.2 Å². The molecule has 33 heavy (non-hydrogen) atoms. The molecule has 2 saturated carbocycles. The van der Waals surface area contributed by atoms with Gasteiger partial charge in [0.25, 0.3) is 0 Å². The lowest BCUT2D eigenvalue weighted by molar-refractivity contribution is -0.127. The van der Waals surface area contributed by atoms with Crippen LogP contribution in [-0.2, 0) is 11.2 Å². The molecule has 0 bridgehead atoms. The van der Waals surface area contributed by atoms with Crippen molar-refractivity contribution in [1.82, 2.24) is 0 Å². The number of ether oxygens (including phenoxy) is 3. The second-order valence-corrected chi connectivity index (χ2v) is 9.88. The molecule has 0 saturated heterocycles. The first-order valence-electron chi connectivity index (χ1n) is 11.8. The maximum absolute atomic E-state index is 13.7. The lowest BCUT2D eigenvalue weighted by Crippen LogP contribution is -2.42. The van der Waals surface area contributed by atoms with E-state index in [1.54, 1.807) is 21.3 Å². The molecule has 0 spiro atoms. The molecular weight excluding hydrogens is 416 g/mol. The summed E-state index contributed by atoms with van der Waals surface area (Å²) >= 11 is 0. The standard InChI is InChI=1S/C28H32O5/c1-28-11-10-19-20(9-8-16-14-23(29)25(32-3)15-21(16)19)22(28)13-18(27(28)30)12-17-6-5-7-24(31-2)26(17)33-4/h5-7,12,14-15,19-20,22,29H,8-11,13H2,1-4H3/b18-12+/t19-,20+,22-,28-/m0/s1. The number of fused-ring (bicyclic) bond motifs is 5. The fourth-order valence-electron chi connectivity index (χ4n) is 6.76. The van der Waals surface area contributed by atoms with Gasteiger partial charge in [0.1, 0.15) is 0 Å². The smallest absolute Gasteiger partial charge is 0.167 e. The van der Waals surface area contributed by atoms with E-state index < -0.39 is 0 Å². The van der Waals surface area contributed by atoms with Crippen molar-refractivity contribution in [2.24, 2.45) is 17.3 Å². The second kappa shape index (κ2) is 8.12. The van der Waals surface area contributed by atoms with Crippen molar-refractivity contribution in [2.75, 3.05) is 21.3 Å². The normalized spacial score (nSPS) is 29.3.